The van der Waals surface area contributed by atoms with Crippen LogP contribution in [-0.4, -0.2) is 31.3 Å². The van der Waals surface area contributed by atoms with Gasteiger partial charge in [-0.05, 0) is 50.3 Å². The van der Waals surface area contributed by atoms with Crippen molar-refractivity contribution in [1.29, 1.82) is 0 Å². The van der Waals surface area contributed by atoms with Gasteiger partial charge in [0.25, 0.3) is 0 Å². The van der Waals surface area contributed by atoms with Gasteiger partial charge in [-0.3, -0.25) is 0 Å². The quantitative estimate of drug-likeness (QED) is 0.906. The predicted molar refractivity (Wildman–Crippen MR) is 78.6 cm³/mol. The summed E-state index contributed by atoms with van der Waals surface area (Å²) in [7, 11) is 0. The lowest BCUT2D eigenvalue weighted by atomic mass is 10.0. The van der Waals surface area contributed by atoms with Crippen LogP contribution in [0.25, 0.3) is 0 Å². The molecule has 1 aromatic rings. The lowest BCUT2D eigenvalue weighted by Crippen LogP contribution is -2.42. The molecule has 2 heterocycles. The van der Waals surface area contributed by atoms with E-state index in [-0.39, 0.29) is 6.04 Å². The van der Waals surface area contributed by atoms with E-state index in [4.69, 9.17) is 10.5 Å². The lowest BCUT2D eigenvalue weighted by Gasteiger charge is -2.35. The van der Waals surface area contributed by atoms with E-state index in [2.05, 4.69) is 36.9 Å². The van der Waals surface area contributed by atoms with E-state index >= 15 is 0 Å². The number of morpholine rings is 1. The number of fused-ring (bicyclic) bond motifs is 2. The van der Waals surface area contributed by atoms with Gasteiger partial charge in [-0.15, -0.1) is 0 Å². The van der Waals surface area contributed by atoms with E-state index in [1.807, 2.05) is 0 Å². The second-order valence-electron chi connectivity index (χ2n) is 6.16. The number of nitrogens with two attached hydrogens (primary N) is 1. The first-order valence-electron chi connectivity index (χ1n) is 7.37. The van der Waals surface area contributed by atoms with Crippen LogP contribution < -0.4 is 10.6 Å². The molecule has 2 fully saturated rings. The zero-order valence-electron chi connectivity index (χ0n) is 11.9. The van der Waals surface area contributed by atoms with Crippen LogP contribution in [0.2, 0.25) is 0 Å². The number of benzene rings is 1. The molecule has 0 spiro atoms. The van der Waals surface area contributed by atoms with E-state index in [1.165, 1.54) is 29.7 Å². The molecule has 104 valence electrons. The minimum Gasteiger partial charge on any atom is -0.371 e. The summed E-state index contributed by atoms with van der Waals surface area (Å²) in [5.74, 6) is 0. The van der Waals surface area contributed by atoms with Crippen molar-refractivity contribution >= 4 is 5.69 Å². The second-order valence-corrected chi connectivity index (χ2v) is 6.16. The first kappa shape index (κ1) is 12.9. The van der Waals surface area contributed by atoms with E-state index in [0.717, 1.165) is 19.5 Å². The first-order chi connectivity index (χ1) is 9.11. The average Bonchev–Trinajstić information content (AvgIpc) is 2.67. The number of hydrogen-bond donors (Lipinski definition) is 1. The summed E-state index contributed by atoms with van der Waals surface area (Å²) >= 11 is 0. The van der Waals surface area contributed by atoms with Gasteiger partial charge in [-0.2, -0.15) is 0 Å². The van der Waals surface area contributed by atoms with Crippen LogP contribution in [0.1, 0.15) is 30.9 Å². The van der Waals surface area contributed by atoms with Crippen molar-refractivity contribution < 1.29 is 4.74 Å². The summed E-state index contributed by atoms with van der Waals surface area (Å²) in [5.41, 5.74) is 9.94. The predicted octanol–water partition coefficient (Wildman–Crippen LogP) is 2.25. The molecular formula is C16H24N2O. The lowest BCUT2D eigenvalue weighted by molar-refractivity contribution is 0.0304. The van der Waals surface area contributed by atoms with Crippen molar-refractivity contribution in [3.8, 4) is 0 Å². The summed E-state index contributed by atoms with van der Waals surface area (Å²) < 4.78 is 5.91. The Labute approximate surface area is 115 Å². The smallest absolute Gasteiger partial charge is 0.0755 e. The topological polar surface area (TPSA) is 38.5 Å². The normalized spacial score (nSPS) is 27.6. The van der Waals surface area contributed by atoms with Gasteiger partial charge in [0.15, 0.2) is 0 Å². The van der Waals surface area contributed by atoms with E-state index in [1.54, 1.807) is 0 Å². The molecule has 3 rings (SSSR count). The molecule has 0 aromatic heterocycles. The van der Waals surface area contributed by atoms with Crippen molar-refractivity contribution in [2.75, 3.05) is 18.0 Å². The largest absolute Gasteiger partial charge is 0.371 e. The minimum absolute atomic E-state index is 0.226. The van der Waals surface area contributed by atoms with Crippen molar-refractivity contribution in [2.45, 2.75) is 51.4 Å². The summed E-state index contributed by atoms with van der Waals surface area (Å²) in [5, 5.41) is 0. The summed E-state index contributed by atoms with van der Waals surface area (Å²) in [6.45, 7) is 6.36. The molecule has 3 atom stereocenters. The Morgan fingerprint density at radius 3 is 2.58 bits per heavy atom. The highest BCUT2D eigenvalue weighted by molar-refractivity contribution is 5.55. The monoisotopic (exact) mass is 260 g/mol. The fourth-order valence-electron chi connectivity index (χ4n) is 3.38. The molecule has 1 aromatic carbocycles. The SMILES string of the molecule is Cc1cc(CC(C)N)ccc1N1CC2CCC(C1)O2. The highest BCUT2D eigenvalue weighted by atomic mass is 16.5. The van der Waals surface area contributed by atoms with Gasteiger partial charge in [0.2, 0.25) is 0 Å². The van der Waals surface area contributed by atoms with Gasteiger partial charge in [0, 0.05) is 24.8 Å². The molecule has 2 aliphatic heterocycles. The number of ether oxygens (including phenoxy) is 1. The van der Waals surface area contributed by atoms with Crippen LogP contribution in [0.3, 0.4) is 0 Å². The number of nitrogens with zero attached hydrogens (tertiary/aromatic N) is 1. The molecule has 0 radical (unpaired) electrons. The zero-order valence-corrected chi connectivity index (χ0v) is 11.9. The summed E-state index contributed by atoms with van der Waals surface area (Å²) in [4.78, 5) is 2.50. The zero-order chi connectivity index (χ0) is 13.4. The van der Waals surface area contributed by atoms with Crippen LogP contribution in [0, 0.1) is 6.92 Å². The van der Waals surface area contributed by atoms with Crippen LogP contribution >= 0.6 is 0 Å². The second kappa shape index (κ2) is 5.14. The van der Waals surface area contributed by atoms with Gasteiger partial charge < -0.3 is 15.4 Å². The molecule has 0 saturated carbocycles. The Kier molecular flexibility index (Phi) is 3.50. The Hall–Kier alpha value is -1.06. The average molecular weight is 260 g/mol. The molecule has 2 bridgehead atoms. The Bertz CT molecular complexity index is 446. The molecule has 3 unspecified atom stereocenters. The Morgan fingerprint density at radius 1 is 1.32 bits per heavy atom. The van der Waals surface area contributed by atoms with Crippen LogP contribution in [-0.2, 0) is 11.2 Å². The highest BCUT2D eigenvalue weighted by Gasteiger charge is 2.34. The molecule has 2 saturated heterocycles. The van der Waals surface area contributed by atoms with Gasteiger partial charge in [-0.25, -0.2) is 0 Å². The first-order valence-corrected chi connectivity index (χ1v) is 7.37. The van der Waals surface area contributed by atoms with E-state index in [9.17, 15) is 0 Å². The number of rotatable bonds is 3. The third-order valence-corrected chi connectivity index (χ3v) is 4.20. The minimum atomic E-state index is 0.226. The Morgan fingerprint density at radius 2 is 2.00 bits per heavy atom. The van der Waals surface area contributed by atoms with Gasteiger partial charge >= 0.3 is 0 Å². The fraction of sp³-hybridized carbons (Fsp3) is 0.625. The van der Waals surface area contributed by atoms with Crippen molar-refractivity contribution in [3.05, 3.63) is 29.3 Å². The number of aryl methyl sites for hydroxylation is 1. The van der Waals surface area contributed by atoms with E-state index in [0.29, 0.717) is 12.2 Å². The molecule has 0 aliphatic carbocycles. The molecule has 19 heavy (non-hydrogen) atoms. The van der Waals surface area contributed by atoms with Crippen LogP contribution in [0.5, 0.6) is 0 Å². The third-order valence-electron chi connectivity index (χ3n) is 4.20. The van der Waals surface area contributed by atoms with Crippen LogP contribution in [0.4, 0.5) is 5.69 Å². The number of hydrogen-bond acceptors (Lipinski definition) is 3. The summed E-state index contributed by atoms with van der Waals surface area (Å²) in [6, 6.07) is 7.00. The van der Waals surface area contributed by atoms with Crippen molar-refractivity contribution in [2.24, 2.45) is 5.73 Å². The standard InChI is InChI=1S/C16H24N2O/c1-11-7-13(8-12(2)17)3-6-16(11)18-9-14-4-5-15(10-18)19-14/h3,6-7,12,14-15H,4-5,8-10,17H2,1-2H3. The Balaban J connectivity index is 1.77. The van der Waals surface area contributed by atoms with E-state index < -0.39 is 0 Å². The van der Waals surface area contributed by atoms with Gasteiger partial charge in [0.1, 0.15) is 0 Å². The van der Waals surface area contributed by atoms with Crippen molar-refractivity contribution in [3.63, 3.8) is 0 Å². The molecule has 3 heteroatoms. The van der Waals surface area contributed by atoms with Gasteiger partial charge in [0.05, 0.1) is 12.2 Å². The maximum Gasteiger partial charge on any atom is 0.0755 e. The highest BCUT2D eigenvalue weighted by Crippen LogP contribution is 2.31. The van der Waals surface area contributed by atoms with Crippen LogP contribution in [0.15, 0.2) is 18.2 Å². The van der Waals surface area contributed by atoms with Gasteiger partial charge in [-0.1, -0.05) is 12.1 Å². The fourth-order valence-corrected chi connectivity index (χ4v) is 3.38. The molecule has 2 N–H and O–H groups in total. The molecule has 3 nitrogen and oxygen atoms in total. The third kappa shape index (κ3) is 2.77. The molecule has 0 amide bonds. The molecule has 2 aliphatic rings. The summed E-state index contributed by atoms with van der Waals surface area (Å²) in [6.07, 6.45) is 4.30. The maximum absolute atomic E-state index is 5.91. The maximum atomic E-state index is 5.91. The van der Waals surface area contributed by atoms with Crippen molar-refractivity contribution in [1.82, 2.24) is 0 Å². The molecular weight excluding hydrogens is 236 g/mol. The number of anilines is 1.